The summed E-state index contributed by atoms with van der Waals surface area (Å²) >= 11 is 0. The van der Waals surface area contributed by atoms with E-state index in [9.17, 15) is 0 Å². The Hall–Kier alpha value is -2.16. The Kier molecular flexibility index (Phi) is 4.88. The molecule has 2 rings (SSSR count). The van der Waals surface area contributed by atoms with Crippen LogP contribution < -0.4 is 14.8 Å². The summed E-state index contributed by atoms with van der Waals surface area (Å²) in [5.74, 6) is 1.64. The lowest BCUT2D eigenvalue weighted by Gasteiger charge is -2.21. The molecule has 0 amide bonds. The number of nitrogens with one attached hydrogen (secondary N) is 1. The number of hydrogen-bond donors (Lipinski definition) is 1. The van der Waals surface area contributed by atoms with Gasteiger partial charge in [0.05, 0.1) is 25.9 Å². The Morgan fingerprint density at radius 2 is 1.75 bits per heavy atom. The molecular formula is C17H21NO2. The molecule has 1 unspecified atom stereocenters. The molecule has 1 N–H and O–H groups in total. The highest BCUT2D eigenvalue weighted by Gasteiger charge is 2.12. The minimum Gasteiger partial charge on any atom is -0.497 e. The summed E-state index contributed by atoms with van der Waals surface area (Å²) in [6, 6.07) is 16.4. The first-order valence-electron chi connectivity index (χ1n) is 6.82. The van der Waals surface area contributed by atoms with Gasteiger partial charge in [-0.25, -0.2) is 0 Å². The number of ether oxygens (including phenoxy) is 2. The van der Waals surface area contributed by atoms with E-state index in [4.69, 9.17) is 9.47 Å². The molecule has 3 heteroatoms. The fourth-order valence-electron chi connectivity index (χ4n) is 2.22. The lowest BCUT2D eigenvalue weighted by molar-refractivity contribution is 0.404. The van der Waals surface area contributed by atoms with Crippen molar-refractivity contribution in [3.05, 3.63) is 54.1 Å². The van der Waals surface area contributed by atoms with Crippen molar-refractivity contribution < 1.29 is 9.47 Å². The van der Waals surface area contributed by atoms with Crippen LogP contribution in [0.1, 0.15) is 24.9 Å². The van der Waals surface area contributed by atoms with Crippen LogP contribution >= 0.6 is 0 Å². The maximum atomic E-state index is 5.41. The Bertz CT molecular complexity index is 540. The molecule has 2 aromatic rings. The Labute approximate surface area is 120 Å². The van der Waals surface area contributed by atoms with Crippen LogP contribution in [0, 0.1) is 0 Å². The minimum absolute atomic E-state index is 0.247. The molecule has 0 saturated heterocycles. The first-order chi connectivity index (χ1) is 9.78. The second kappa shape index (κ2) is 6.85. The summed E-state index contributed by atoms with van der Waals surface area (Å²) < 4.78 is 10.7. The van der Waals surface area contributed by atoms with Crippen LogP contribution in [-0.2, 0) is 0 Å². The minimum atomic E-state index is 0.247. The number of rotatable bonds is 6. The van der Waals surface area contributed by atoms with Crippen LogP contribution in [0.2, 0.25) is 0 Å². The van der Waals surface area contributed by atoms with Crippen LogP contribution in [0.5, 0.6) is 11.5 Å². The van der Waals surface area contributed by atoms with E-state index in [0.29, 0.717) is 0 Å². The molecular weight excluding hydrogens is 250 g/mol. The van der Waals surface area contributed by atoms with E-state index in [1.54, 1.807) is 14.2 Å². The average Bonchev–Trinajstić information content (AvgIpc) is 2.53. The molecule has 0 aromatic heterocycles. The van der Waals surface area contributed by atoms with E-state index in [0.717, 1.165) is 23.6 Å². The summed E-state index contributed by atoms with van der Waals surface area (Å²) in [5.41, 5.74) is 2.21. The fraction of sp³-hybridized carbons (Fsp3) is 0.294. The third-order valence-electron chi connectivity index (χ3n) is 3.35. The molecule has 20 heavy (non-hydrogen) atoms. The average molecular weight is 271 g/mol. The van der Waals surface area contributed by atoms with Crippen molar-refractivity contribution in [1.82, 2.24) is 0 Å². The SMILES string of the molecule is CCC(Nc1cc(OC)ccc1OC)c1ccccc1. The second-order valence-electron chi connectivity index (χ2n) is 4.58. The largest absolute Gasteiger partial charge is 0.497 e. The Morgan fingerprint density at radius 1 is 1.00 bits per heavy atom. The Balaban J connectivity index is 2.27. The van der Waals surface area contributed by atoms with Gasteiger partial charge in [0, 0.05) is 6.07 Å². The normalized spacial score (nSPS) is 11.8. The number of anilines is 1. The van der Waals surface area contributed by atoms with Crippen LogP contribution in [0.4, 0.5) is 5.69 Å². The topological polar surface area (TPSA) is 30.5 Å². The van der Waals surface area contributed by atoms with Gasteiger partial charge >= 0.3 is 0 Å². The van der Waals surface area contributed by atoms with Gasteiger partial charge < -0.3 is 14.8 Å². The lowest BCUT2D eigenvalue weighted by Crippen LogP contribution is -2.10. The molecule has 0 heterocycles. The van der Waals surface area contributed by atoms with E-state index < -0.39 is 0 Å². The molecule has 0 saturated carbocycles. The summed E-state index contributed by atoms with van der Waals surface area (Å²) in [4.78, 5) is 0. The predicted octanol–water partition coefficient (Wildman–Crippen LogP) is 4.27. The van der Waals surface area contributed by atoms with E-state index in [1.807, 2.05) is 24.3 Å². The molecule has 0 aliphatic heterocycles. The molecule has 0 spiro atoms. The molecule has 2 aromatic carbocycles. The van der Waals surface area contributed by atoms with Crippen LogP contribution in [0.3, 0.4) is 0 Å². The maximum Gasteiger partial charge on any atom is 0.142 e. The quantitative estimate of drug-likeness (QED) is 0.851. The fourth-order valence-corrected chi connectivity index (χ4v) is 2.22. The van der Waals surface area contributed by atoms with Gasteiger partial charge in [-0.05, 0) is 24.1 Å². The summed E-state index contributed by atoms with van der Waals surface area (Å²) in [5, 5.41) is 3.53. The molecule has 0 fully saturated rings. The first kappa shape index (κ1) is 14.3. The molecule has 0 aliphatic carbocycles. The van der Waals surface area contributed by atoms with Crippen molar-refractivity contribution in [2.45, 2.75) is 19.4 Å². The first-order valence-corrected chi connectivity index (χ1v) is 6.82. The van der Waals surface area contributed by atoms with Gasteiger partial charge in [-0.2, -0.15) is 0 Å². The molecule has 0 aliphatic rings. The second-order valence-corrected chi connectivity index (χ2v) is 4.58. The summed E-state index contributed by atoms with van der Waals surface area (Å²) in [6.45, 7) is 2.16. The summed E-state index contributed by atoms with van der Waals surface area (Å²) in [6.07, 6.45) is 0.990. The van der Waals surface area contributed by atoms with E-state index in [2.05, 4.69) is 36.5 Å². The van der Waals surface area contributed by atoms with Gasteiger partial charge in [0.15, 0.2) is 0 Å². The standard InChI is InChI=1S/C17H21NO2/c1-4-15(13-8-6-5-7-9-13)18-16-12-14(19-2)10-11-17(16)20-3/h5-12,15,18H,4H2,1-3H3. The van der Waals surface area contributed by atoms with Crippen molar-refractivity contribution in [2.24, 2.45) is 0 Å². The van der Waals surface area contributed by atoms with Crippen molar-refractivity contribution in [3.8, 4) is 11.5 Å². The zero-order chi connectivity index (χ0) is 14.4. The molecule has 1 atom stereocenters. The van der Waals surface area contributed by atoms with Gasteiger partial charge in [0.1, 0.15) is 11.5 Å². The van der Waals surface area contributed by atoms with Crippen molar-refractivity contribution in [3.63, 3.8) is 0 Å². The monoisotopic (exact) mass is 271 g/mol. The van der Waals surface area contributed by atoms with Gasteiger partial charge in [-0.3, -0.25) is 0 Å². The third kappa shape index (κ3) is 3.23. The van der Waals surface area contributed by atoms with E-state index >= 15 is 0 Å². The lowest BCUT2D eigenvalue weighted by atomic mass is 10.0. The number of methoxy groups -OCH3 is 2. The Morgan fingerprint density at radius 3 is 2.35 bits per heavy atom. The van der Waals surface area contributed by atoms with Gasteiger partial charge in [-0.1, -0.05) is 37.3 Å². The van der Waals surface area contributed by atoms with E-state index in [-0.39, 0.29) is 6.04 Å². The number of benzene rings is 2. The highest BCUT2D eigenvalue weighted by atomic mass is 16.5. The highest BCUT2D eigenvalue weighted by Crippen LogP contribution is 2.32. The maximum absolute atomic E-state index is 5.41. The van der Waals surface area contributed by atoms with E-state index in [1.165, 1.54) is 5.56 Å². The van der Waals surface area contributed by atoms with Gasteiger partial charge in [0.25, 0.3) is 0 Å². The van der Waals surface area contributed by atoms with Gasteiger partial charge in [0.2, 0.25) is 0 Å². The van der Waals surface area contributed by atoms with Crippen molar-refractivity contribution in [1.29, 1.82) is 0 Å². The molecule has 0 radical (unpaired) electrons. The van der Waals surface area contributed by atoms with Crippen LogP contribution in [-0.4, -0.2) is 14.2 Å². The zero-order valence-corrected chi connectivity index (χ0v) is 12.2. The third-order valence-corrected chi connectivity index (χ3v) is 3.35. The van der Waals surface area contributed by atoms with Crippen LogP contribution in [0.15, 0.2) is 48.5 Å². The van der Waals surface area contributed by atoms with Gasteiger partial charge in [-0.15, -0.1) is 0 Å². The van der Waals surface area contributed by atoms with Crippen LogP contribution in [0.25, 0.3) is 0 Å². The molecule has 3 nitrogen and oxygen atoms in total. The molecule has 0 bridgehead atoms. The zero-order valence-electron chi connectivity index (χ0n) is 12.2. The smallest absolute Gasteiger partial charge is 0.142 e. The number of hydrogen-bond acceptors (Lipinski definition) is 3. The molecule has 106 valence electrons. The predicted molar refractivity (Wildman–Crippen MR) is 82.6 cm³/mol. The summed E-state index contributed by atoms with van der Waals surface area (Å²) in [7, 11) is 3.34. The van der Waals surface area contributed by atoms with Crippen molar-refractivity contribution >= 4 is 5.69 Å². The highest BCUT2D eigenvalue weighted by molar-refractivity contribution is 5.60. The van der Waals surface area contributed by atoms with Crippen molar-refractivity contribution in [2.75, 3.05) is 19.5 Å².